The van der Waals surface area contributed by atoms with E-state index in [0.29, 0.717) is 0 Å². The van der Waals surface area contributed by atoms with Crippen molar-refractivity contribution in [3.05, 3.63) is 142 Å². The molecule has 16 nitrogen and oxygen atoms in total. The molecular formula is C36H16Cu2N16. The third-order valence-corrected chi connectivity index (χ3v) is 4.53. The van der Waals surface area contributed by atoms with E-state index >= 15 is 0 Å². The first-order chi connectivity index (χ1) is 25.3. The summed E-state index contributed by atoms with van der Waals surface area (Å²) >= 11 is 0. The molecule has 0 aliphatic heterocycles. The van der Waals surface area contributed by atoms with Gasteiger partial charge in [0, 0.05) is 24.8 Å². The Kier molecular flexibility index (Phi) is 35.9. The van der Waals surface area contributed by atoms with Gasteiger partial charge in [-0.05, 0) is 48.5 Å². The summed E-state index contributed by atoms with van der Waals surface area (Å²) in [7, 11) is 0. The molecule has 0 aliphatic rings. The van der Waals surface area contributed by atoms with Crippen molar-refractivity contribution in [2.75, 3.05) is 0 Å². The van der Waals surface area contributed by atoms with Crippen LogP contribution in [-0.4, -0.2) is 43.4 Å². The Bertz CT molecular complexity index is 1890. The van der Waals surface area contributed by atoms with Crippen molar-refractivity contribution in [2.45, 2.75) is 0 Å². The van der Waals surface area contributed by atoms with Crippen molar-refractivity contribution >= 4 is 23.5 Å². The van der Waals surface area contributed by atoms with Crippen LogP contribution in [0.5, 0.6) is 0 Å². The monoisotopic (exact) mass is 798 g/mol. The molecule has 0 saturated heterocycles. The van der Waals surface area contributed by atoms with Crippen molar-refractivity contribution in [3.8, 4) is 71.3 Å². The Hall–Kier alpha value is -8.64. The molecule has 4 aromatic rings. The summed E-state index contributed by atoms with van der Waals surface area (Å²) in [6, 6.07) is 34.4. The zero-order valence-corrected chi connectivity index (χ0v) is 28.9. The van der Waals surface area contributed by atoms with Crippen molar-refractivity contribution < 1.29 is 34.1 Å². The average Bonchev–Trinajstić information content (AvgIpc) is 3.23. The van der Waals surface area contributed by atoms with Crippen LogP contribution in [0.1, 0.15) is 0 Å². The van der Waals surface area contributed by atoms with Crippen molar-refractivity contribution in [2.24, 2.45) is 0 Å². The molecule has 0 N–H and O–H groups in total. The van der Waals surface area contributed by atoms with Crippen molar-refractivity contribution in [1.82, 2.24) is 19.9 Å². The number of allylic oxidation sites excluding steroid dienone is 4. The predicted molar refractivity (Wildman–Crippen MR) is 187 cm³/mol. The van der Waals surface area contributed by atoms with E-state index < -0.39 is 22.3 Å². The fraction of sp³-hybridized carbons (Fsp3) is 0. The van der Waals surface area contributed by atoms with Crippen LogP contribution in [0.2, 0.25) is 0 Å². The molecule has 18 heteroatoms. The number of hydrogen-bond donors (Lipinski definition) is 0. The van der Waals surface area contributed by atoms with Gasteiger partial charge in [-0.15, -0.1) is 0 Å². The molecule has 0 amide bonds. The molecule has 0 fully saturated rings. The van der Waals surface area contributed by atoms with Gasteiger partial charge in [-0.1, -0.05) is 24.3 Å². The second-order valence-electron chi connectivity index (χ2n) is 7.70. The third kappa shape index (κ3) is 25.4. The quantitative estimate of drug-likeness (QED) is 0.146. The number of aromatic nitrogens is 4. The van der Waals surface area contributed by atoms with Gasteiger partial charge in [-0.3, -0.25) is 19.9 Å². The van der Waals surface area contributed by atoms with Crippen LogP contribution in [0, 0.1) is 90.6 Å². The van der Waals surface area contributed by atoms with Crippen LogP contribution in [0.4, 0.5) is 0 Å². The molecule has 54 heavy (non-hydrogen) atoms. The van der Waals surface area contributed by atoms with E-state index in [1.54, 1.807) is 24.8 Å². The Morgan fingerprint density at radius 2 is 0.500 bits per heavy atom. The largest absolute Gasteiger partial charge is 2.00 e. The topological polar surface area (TPSA) is 331 Å². The number of nitrogens with zero attached hydrogens (tertiary/aromatic N) is 16. The van der Waals surface area contributed by atoms with E-state index in [2.05, 4.69) is 19.9 Å². The van der Waals surface area contributed by atoms with Crippen LogP contribution in [0.3, 0.4) is 0 Å². The maximum absolute atomic E-state index is 7.79. The number of rotatable bonds is 2. The number of pyridine rings is 4. The van der Waals surface area contributed by atoms with Gasteiger partial charge in [0.2, 0.25) is 0 Å². The van der Waals surface area contributed by atoms with Gasteiger partial charge >= 0.3 is 34.1 Å². The van der Waals surface area contributed by atoms with Crippen LogP contribution in [0.25, 0.3) is 44.4 Å². The van der Waals surface area contributed by atoms with E-state index in [-0.39, 0.29) is 34.1 Å². The Balaban J connectivity index is -0.000000282. The second kappa shape index (κ2) is 37.2. The Morgan fingerprint density at radius 1 is 0.333 bits per heavy atom. The first-order valence-corrected chi connectivity index (χ1v) is 13.3. The molecule has 0 saturated carbocycles. The molecule has 0 spiro atoms. The summed E-state index contributed by atoms with van der Waals surface area (Å²) in [4.78, 5) is 16.7. The molecular weight excluding hydrogens is 784 g/mol. The van der Waals surface area contributed by atoms with Crippen LogP contribution in [-0.2, 0) is 34.1 Å². The molecule has 4 rings (SSSR count). The van der Waals surface area contributed by atoms with Gasteiger partial charge in [0.15, 0.2) is 0 Å². The Labute approximate surface area is 331 Å². The minimum absolute atomic E-state index is 0. The van der Waals surface area contributed by atoms with Crippen molar-refractivity contribution in [1.29, 1.82) is 42.1 Å². The maximum Gasteiger partial charge on any atom is 2.00 e. The van der Waals surface area contributed by atoms with Crippen LogP contribution >= 0.6 is 0 Å². The van der Waals surface area contributed by atoms with Gasteiger partial charge < -0.3 is 21.6 Å². The first-order valence-electron chi connectivity index (χ1n) is 13.3. The van der Waals surface area contributed by atoms with E-state index in [1.807, 2.05) is 72.8 Å². The molecule has 4 heterocycles. The molecule has 0 aliphatic carbocycles. The van der Waals surface area contributed by atoms with Gasteiger partial charge in [-0.25, -0.2) is 23.5 Å². The molecule has 0 aromatic carbocycles. The summed E-state index contributed by atoms with van der Waals surface area (Å²) in [6.45, 7) is 0. The summed E-state index contributed by atoms with van der Waals surface area (Å²) in [5.41, 5.74) is 2.05. The summed E-state index contributed by atoms with van der Waals surface area (Å²) in [5.74, 6) is 5.58. The zero-order chi connectivity index (χ0) is 39.2. The summed E-state index contributed by atoms with van der Waals surface area (Å²) in [5, 5.41) is 93.5. The van der Waals surface area contributed by atoms with Gasteiger partial charge in [-0.2, -0.15) is 42.1 Å². The van der Waals surface area contributed by atoms with Gasteiger partial charge in [0.05, 0.1) is 22.8 Å². The van der Waals surface area contributed by atoms with Crippen molar-refractivity contribution in [3.63, 3.8) is 0 Å². The van der Waals surface area contributed by atoms with Gasteiger partial charge in [0.1, 0.15) is 70.8 Å². The first kappa shape index (κ1) is 52.2. The zero-order valence-electron chi connectivity index (χ0n) is 27.0. The van der Waals surface area contributed by atoms with Gasteiger partial charge in [0.25, 0.3) is 0 Å². The minimum Gasteiger partial charge on any atom is -0.762 e. The van der Waals surface area contributed by atoms with E-state index in [4.69, 9.17) is 63.7 Å². The Morgan fingerprint density at radius 3 is 0.574 bits per heavy atom. The smallest absolute Gasteiger partial charge is 0.762 e. The molecule has 2 radical (unpaired) electrons. The fourth-order valence-corrected chi connectivity index (χ4v) is 2.36. The average molecular weight is 800 g/mol. The normalized spacial score (nSPS) is 6.81. The molecule has 0 atom stereocenters. The molecule has 0 unspecified atom stereocenters. The standard InChI is InChI=1S/2C10H8N2.4C4N3.2Cu/c2*1-3-7-11-9(5-1)10-6-2-4-8-12-10;4*5-1-4(2-6)3-7;;/h2*1-8H;;;;;;/q;;4*-1;2*+2. The minimum atomic E-state index is -0.403. The molecule has 262 valence electrons. The molecule has 4 aromatic heterocycles. The maximum atomic E-state index is 7.79. The van der Waals surface area contributed by atoms with E-state index in [0.717, 1.165) is 22.8 Å². The molecule has 0 bridgehead atoms. The third-order valence-electron chi connectivity index (χ3n) is 4.53. The second-order valence-corrected chi connectivity index (χ2v) is 7.70. The van der Waals surface area contributed by atoms with E-state index in [9.17, 15) is 0 Å². The summed E-state index contributed by atoms with van der Waals surface area (Å²) < 4.78 is 0. The number of nitriles is 8. The predicted octanol–water partition coefficient (Wildman–Crippen LogP) is 5.08. The fourth-order valence-electron chi connectivity index (χ4n) is 2.36. The summed E-state index contributed by atoms with van der Waals surface area (Å²) in [6.07, 6.45) is 7.07. The number of hydrogen-bond acceptors (Lipinski definition) is 12. The van der Waals surface area contributed by atoms with Crippen LogP contribution in [0.15, 0.2) is 120 Å². The SMILES string of the molecule is N#CC(=C=[N-])C#N.N#CC(=C=[N-])C#N.N#CC(=C=[N-])C#N.N#CC(=C=[N-])C#N.[Cu+2].[Cu+2].c1ccc(-c2ccccn2)nc1.c1ccc(-c2ccccn2)nc1. The van der Waals surface area contributed by atoms with E-state index in [1.165, 1.54) is 72.0 Å². The van der Waals surface area contributed by atoms with Crippen LogP contribution < -0.4 is 0 Å².